The van der Waals surface area contributed by atoms with E-state index in [1.165, 1.54) is 0 Å². The van der Waals surface area contributed by atoms with E-state index in [0.29, 0.717) is 36.1 Å². The minimum atomic E-state index is -0.345. The van der Waals surface area contributed by atoms with Gasteiger partial charge in [-0.2, -0.15) is 0 Å². The Morgan fingerprint density at radius 1 is 0.974 bits per heavy atom. The summed E-state index contributed by atoms with van der Waals surface area (Å²) < 4.78 is 12.9. The minimum absolute atomic E-state index is 0.345. The molecule has 5 rings (SSSR count). The van der Waals surface area contributed by atoms with Gasteiger partial charge in [-0.15, -0.1) is 0 Å². The maximum Gasteiger partial charge on any atom is 0.323 e. The van der Waals surface area contributed by atoms with Crippen LogP contribution in [0.2, 0.25) is 0 Å². The lowest BCUT2D eigenvalue weighted by molar-refractivity contribution is 0.262. The summed E-state index contributed by atoms with van der Waals surface area (Å²) >= 11 is 0. The van der Waals surface area contributed by atoms with Crippen LogP contribution >= 0.6 is 0 Å². The first-order valence-electron chi connectivity index (χ1n) is 12.2. The third kappa shape index (κ3) is 5.67. The summed E-state index contributed by atoms with van der Waals surface area (Å²) in [6.07, 6.45) is 5.56. The number of hydrogen-bond acceptors (Lipinski definition) is 6. The SMILES string of the molecule is CCOc1ccccc1CNc1nc(-c2ccc(NC(=O)Nc3cccc(OC)c3)cc2)cn2ccnc12. The van der Waals surface area contributed by atoms with Crippen LogP contribution in [0.1, 0.15) is 12.5 Å². The van der Waals surface area contributed by atoms with E-state index in [0.717, 1.165) is 28.2 Å². The number of para-hydroxylation sites is 1. The molecule has 0 fully saturated rings. The van der Waals surface area contributed by atoms with Crippen molar-refractivity contribution in [1.82, 2.24) is 14.4 Å². The Morgan fingerprint density at radius 3 is 2.61 bits per heavy atom. The fraction of sp³-hybridized carbons (Fsp3) is 0.138. The average molecular weight is 509 g/mol. The van der Waals surface area contributed by atoms with Gasteiger partial charge >= 0.3 is 6.03 Å². The Hall–Kier alpha value is -5.05. The van der Waals surface area contributed by atoms with Crippen molar-refractivity contribution in [2.45, 2.75) is 13.5 Å². The number of anilines is 3. The molecule has 0 bridgehead atoms. The molecule has 38 heavy (non-hydrogen) atoms. The van der Waals surface area contributed by atoms with Crippen LogP contribution in [0.5, 0.6) is 11.5 Å². The summed E-state index contributed by atoms with van der Waals surface area (Å²) in [4.78, 5) is 21.8. The van der Waals surface area contributed by atoms with Crippen LogP contribution in [0.25, 0.3) is 16.9 Å². The molecule has 5 aromatic rings. The number of urea groups is 1. The Balaban J connectivity index is 1.31. The molecular weight excluding hydrogens is 480 g/mol. The second-order valence-corrected chi connectivity index (χ2v) is 8.42. The monoisotopic (exact) mass is 508 g/mol. The zero-order valence-electron chi connectivity index (χ0n) is 21.1. The van der Waals surface area contributed by atoms with Crippen LogP contribution in [0, 0.1) is 0 Å². The van der Waals surface area contributed by atoms with Gasteiger partial charge in [-0.3, -0.25) is 0 Å². The van der Waals surface area contributed by atoms with Gasteiger partial charge in [0.25, 0.3) is 0 Å². The summed E-state index contributed by atoms with van der Waals surface area (Å²) in [5.74, 6) is 2.18. The number of methoxy groups -OCH3 is 1. The molecule has 0 aliphatic carbocycles. The van der Waals surface area contributed by atoms with Crippen LogP contribution in [-0.4, -0.2) is 34.1 Å². The second-order valence-electron chi connectivity index (χ2n) is 8.42. The first-order chi connectivity index (χ1) is 18.6. The number of imidazole rings is 1. The van der Waals surface area contributed by atoms with Gasteiger partial charge in [-0.25, -0.2) is 14.8 Å². The molecule has 2 heterocycles. The topological polar surface area (TPSA) is 102 Å². The van der Waals surface area contributed by atoms with Gasteiger partial charge in [0.15, 0.2) is 11.5 Å². The fourth-order valence-corrected chi connectivity index (χ4v) is 4.03. The third-order valence-electron chi connectivity index (χ3n) is 5.86. The predicted octanol–water partition coefficient (Wildman–Crippen LogP) is 6.06. The molecule has 0 aliphatic rings. The molecule has 0 atom stereocenters. The molecule has 3 N–H and O–H groups in total. The average Bonchev–Trinajstić information content (AvgIpc) is 3.42. The number of hydrogen-bond donors (Lipinski definition) is 3. The number of nitrogens with zero attached hydrogens (tertiary/aromatic N) is 3. The molecule has 0 saturated carbocycles. The van der Waals surface area contributed by atoms with E-state index in [1.807, 2.05) is 84.4 Å². The fourth-order valence-electron chi connectivity index (χ4n) is 4.03. The van der Waals surface area contributed by atoms with Gasteiger partial charge < -0.3 is 29.8 Å². The number of nitrogens with one attached hydrogen (secondary N) is 3. The number of benzene rings is 3. The molecular formula is C29H28N6O3. The minimum Gasteiger partial charge on any atom is -0.497 e. The molecule has 0 unspecified atom stereocenters. The van der Waals surface area contributed by atoms with E-state index in [4.69, 9.17) is 14.5 Å². The first-order valence-corrected chi connectivity index (χ1v) is 12.2. The quantitative estimate of drug-likeness (QED) is 0.224. The smallest absolute Gasteiger partial charge is 0.323 e. The van der Waals surface area contributed by atoms with Gasteiger partial charge in [0.1, 0.15) is 11.5 Å². The third-order valence-corrected chi connectivity index (χ3v) is 5.86. The van der Waals surface area contributed by atoms with Gasteiger partial charge in [-0.05, 0) is 37.3 Å². The van der Waals surface area contributed by atoms with E-state index in [9.17, 15) is 4.79 Å². The van der Waals surface area contributed by atoms with Crippen molar-refractivity contribution >= 4 is 28.9 Å². The summed E-state index contributed by atoms with van der Waals surface area (Å²) in [5.41, 5.74) is 4.73. The number of ether oxygens (including phenoxy) is 2. The normalized spacial score (nSPS) is 10.7. The van der Waals surface area contributed by atoms with Gasteiger partial charge in [0.05, 0.1) is 19.4 Å². The lowest BCUT2D eigenvalue weighted by Gasteiger charge is -2.13. The Morgan fingerprint density at radius 2 is 1.79 bits per heavy atom. The molecule has 0 spiro atoms. The van der Waals surface area contributed by atoms with Crippen LogP contribution in [0.15, 0.2) is 91.4 Å². The van der Waals surface area contributed by atoms with Crippen molar-refractivity contribution < 1.29 is 14.3 Å². The first kappa shape index (κ1) is 24.6. The van der Waals surface area contributed by atoms with Crippen molar-refractivity contribution in [3.05, 3.63) is 97.0 Å². The summed E-state index contributed by atoms with van der Waals surface area (Å²) in [6.45, 7) is 3.11. The molecule has 2 aromatic heterocycles. The van der Waals surface area contributed by atoms with Crippen molar-refractivity contribution in [3.8, 4) is 22.8 Å². The summed E-state index contributed by atoms with van der Waals surface area (Å²) in [5, 5.41) is 9.07. The van der Waals surface area contributed by atoms with E-state index in [-0.39, 0.29) is 6.03 Å². The molecule has 2 amide bonds. The lowest BCUT2D eigenvalue weighted by Crippen LogP contribution is -2.19. The molecule has 0 aliphatic heterocycles. The van der Waals surface area contributed by atoms with Crippen LogP contribution in [0.3, 0.4) is 0 Å². The molecule has 0 radical (unpaired) electrons. The maximum absolute atomic E-state index is 12.4. The molecule has 9 nitrogen and oxygen atoms in total. The highest BCUT2D eigenvalue weighted by atomic mass is 16.5. The second kappa shape index (κ2) is 11.3. The number of carbonyl (C=O) groups excluding carboxylic acids is 1. The Kier molecular flexibility index (Phi) is 7.35. The van der Waals surface area contributed by atoms with Crippen molar-refractivity contribution in [3.63, 3.8) is 0 Å². The summed E-state index contributed by atoms with van der Waals surface area (Å²) in [7, 11) is 1.58. The highest BCUT2D eigenvalue weighted by Gasteiger charge is 2.11. The standard InChI is InChI=1S/C29H28N6O3/c1-3-38-26-10-5-4-7-21(26)18-31-27-28-30-15-16-35(28)19-25(34-27)20-11-13-22(14-12-20)32-29(36)33-23-8-6-9-24(17-23)37-2/h4-17,19H,3,18H2,1-2H3,(H,31,34)(H2,32,33,36). The van der Waals surface area contributed by atoms with Gasteiger partial charge in [0, 0.05) is 53.7 Å². The Bertz CT molecular complexity index is 1550. The van der Waals surface area contributed by atoms with E-state index < -0.39 is 0 Å². The van der Waals surface area contributed by atoms with Crippen LogP contribution in [-0.2, 0) is 6.54 Å². The van der Waals surface area contributed by atoms with Crippen molar-refractivity contribution in [1.29, 1.82) is 0 Å². The molecule has 9 heteroatoms. The number of amides is 2. The van der Waals surface area contributed by atoms with Crippen LogP contribution in [0.4, 0.5) is 22.0 Å². The molecule has 0 saturated heterocycles. The maximum atomic E-state index is 12.4. The van der Waals surface area contributed by atoms with E-state index >= 15 is 0 Å². The number of rotatable bonds is 9. The van der Waals surface area contributed by atoms with E-state index in [1.54, 1.807) is 25.4 Å². The number of fused-ring (bicyclic) bond motifs is 1. The number of carbonyl (C=O) groups is 1. The van der Waals surface area contributed by atoms with Gasteiger partial charge in [-0.1, -0.05) is 36.4 Å². The number of aromatic nitrogens is 3. The van der Waals surface area contributed by atoms with Gasteiger partial charge in [0.2, 0.25) is 0 Å². The lowest BCUT2D eigenvalue weighted by atomic mass is 10.1. The van der Waals surface area contributed by atoms with E-state index in [2.05, 4.69) is 20.9 Å². The van der Waals surface area contributed by atoms with Crippen LogP contribution < -0.4 is 25.4 Å². The molecule has 192 valence electrons. The summed E-state index contributed by atoms with van der Waals surface area (Å²) in [6, 6.07) is 22.3. The van der Waals surface area contributed by atoms with Crippen molar-refractivity contribution in [2.75, 3.05) is 29.7 Å². The highest BCUT2D eigenvalue weighted by molar-refractivity contribution is 6.00. The predicted molar refractivity (Wildman–Crippen MR) is 149 cm³/mol. The molecule has 3 aromatic carbocycles. The zero-order valence-corrected chi connectivity index (χ0v) is 21.1. The Labute approximate surface area is 220 Å². The highest BCUT2D eigenvalue weighted by Crippen LogP contribution is 2.25. The zero-order chi connectivity index (χ0) is 26.3. The largest absolute Gasteiger partial charge is 0.497 e. The van der Waals surface area contributed by atoms with Crippen molar-refractivity contribution in [2.24, 2.45) is 0 Å².